The van der Waals surface area contributed by atoms with Crippen molar-refractivity contribution in [1.29, 1.82) is 0 Å². The molecule has 0 radical (unpaired) electrons. The van der Waals surface area contributed by atoms with Gasteiger partial charge in [-0.15, -0.1) is 0 Å². The van der Waals surface area contributed by atoms with Crippen LogP contribution in [-0.4, -0.2) is 34.8 Å². The molecule has 0 aliphatic rings. The summed E-state index contributed by atoms with van der Waals surface area (Å²) in [4.78, 5) is 2.48. The molecule has 0 saturated heterocycles. The summed E-state index contributed by atoms with van der Waals surface area (Å²) in [5, 5.41) is 7.72. The Morgan fingerprint density at radius 1 is 1.35 bits per heavy atom. The van der Waals surface area contributed by atoms with E-state index in [-0.39, 0.29) is 0 Å². The van der Waals surface area contributed by atoms with Gasteiger partial charge in [0.1, 0.15) is 5.82 Å². The molecular formula is C13H26N4. The van der Waals surface area contributed by atoms with E-state index in [1.54, 1.807) is 0 Å². The second kappa shape index (κ2) is 6.64. The summed E-state index contributed by atoms with van der Waals surface area (Å²) in [7, 11) is 3.95. The molecule has 0 bridgehead atoms. The maximum Gasteiger partial charge on any atom is 0.128 e. The van der Waals surface area contributed by atoms with Gasteiger partial charge in [0.15, 0.2) is 0 Å². The lowest BCUT2D eigenvalue weighted by atomic mass is 10.2. The smallest absolute Gasteiger partial charge is 0.128 e. The molecule has 1 aromatic heterocycles. The van der Waals surface area contributed by atoms with Crippen LogP contribution in [0.1, 0.15) is 37.9 Å². The van der Waals surface area contributed by atoms with E-state index in [0.717, 1.165) is 24.6 Å². The van der Waals surface area contributed by atoms with Gasteiger partial charge in [0, 0.05) is 26.2 Å². The van der Waals surface area contributed by atoms with E-state index >= 15 is 0 Å². The monoisotopic (exact) mass is 238 g/mol. The van der Waals surface area contributed by atoms with Crippen LogP contribution in [0.5, 0.6) is 0 Å². The summed E-state index contributed by atoms with van der Waals surface area (Å²) in [6.07, 6.45) is 2.52. The molecule has 0 spiro atoms. The third-order valence-corrected chi connectivity index (χ3v) is 3.24. The maximum atomic E-state index is 4.48. The fraction of sp³-hybridized carbons (Fsp3) is 0.769. The van der Waals surface area contributed by atoms with Gasteiger partial charge in [-0.25, -0.2) is 0 Å². The molecule has 17 heavy (non-hydrogen) atoms. The molecule has 0 unspecified atom stereocenters. The molecule has 1 rings (SSSR count). The van der Waals surface area contributed by atoms with Gasteiger partial charge in [0.25, 0.3) is 0 Å². The van der Waals surface area contributed by atoms with Crippen LogP contribution in [0.4, 0.5) is 5.82 Å². The van der Waals surface area contributed by atoms with Crippen molar-refractivity contribution < 1.29 is 0 Å². The van der Waals surface area contributed by atoms with Crippen LogP contribution in [0.3, 0.4) is 0 Å². The zero-order valence-electron chi connectivity index (χ0n) is 11.9. The second-order valence-corrected chi connectivity index (χ2v) is 4.51. The quantitative estimate of drug-likeness (QED) is 0.792. The van der Waals surface area contributed by atoms with Crippen LogP contribution >= 0.6 is 0 Å². The van der Waals surface area contributed by atoms with Crippen LogP contribution < -0.4 is 5.32 Å². The Morgan fingerprint density at radius 3 is 2.59 bits per heavy atom. The first-order valence-electron chi connectivity index (χ1n) is 6.56. The van der Waals surface area contributed by atoms with E-state index < -0.39 is 0 Å². The van der Waals surface area contributed by atoms with Crippen molar-refractivity contribution in [3.63, 3.8) is 0 Å². The van der Waals surface area contributed by atoms with Gasteiger partial charge in [0.05, 0.1) is 5.69 Å². The minimum absolute atomic E-state index is 0.992. The lowest BCUT2D eigenvalue weighted by molar-refractivity contribution is 0.275. The molecule has 4 nitrogen and oxygen atoms in total. The highest BCUT2D eigenvalue weighted by Crippen LogP contribution is 2.20. The first-order chi connectivity index (χ1) is 8.13. The largest absolute Gasteiger partial charge is 0.373 e. The summed E-state index contributed by atoms with van der Waals surface area (Å²) >= 11 is 0. The number of anilines is 1. The SMILES string of the molecule is CCCCN(CC)Cc1c(C)nn(C)c1NC. The number of aryl methyl sites for hydroxylation is 2. The zero-order valence-corrected chi connectivity index (χ0v) is 11.9. The minimum Gasteiger partial charge on any atom is -0.373 e. The molecule has 0 fully saturated rings. The van der Waals surface area contributed by atoms with Gasteiger partial charge in [-0.1, -0.05) is 20.3 Å². The molecule has 0 amide bonds. The van der Waals surface area contributed by atoms with Crippen molar-refractivity contribution in [1.82, 2.24) is 14.7 Å². The Hall–Kier alpha value is -1.03. The van der Waals surface area contributed by atoms with E-state index in [4.69, 9.17) is 0 Å². The molecule has 0 aliphatic heterocycles. The lowest BCUT2D eigenvalue weighted by Crippen LogP contribution is -2.24. The summed E-state index contributed by atoms with van der Waals surface area (Å²) in [5.41, 5.74) is 2.46. The number of hydrogen-bond donors (Lipinski definition) is 1. The fourth-order valence-corrected chi connectivity index (χ4v) is 2.16. The third-order valence-electron chi connectivity index (χ3n) is 3.24. The fourth-order valence-electron chi connectivity index (χ4n) is 2.16. The number of hydrogen-bond acceptors (Lipinski definition) is 3. The number of unbranched alkanes of at least 4 members (excludes halogenated alkanes) is 1. The summed E-state index contributed by atoms with van der Waals surface area (Å²) in [6, 6.07) is 0. The zero-order chi connectivity index (χ0) is 12.8. The average Bonchev–Trinajstić information content (AvgIpc) is 2.58. The highest BCUT2D eigenvalue weighted by atomic mass is 15.3. The Morgan fingerprint density at radius 2 is 2.06 bits per heavy atom. The molecule has 0 atom stereocenters. The van der Waals surface area contributed by atoms with Gasteiger partial charge >= 0.3 is 0 Å². The van der Waals surface area contributed by atoms with Crippen molar-refractivity contribution in [3.05, 3.63) is 11.3 Å². The first-order valence-corrected chi connectivity index (χ1v) is 6.56. The molecule has 0 aliphatic carbocycles. The van der Waals surface area contributed by atoms with E-state index in [1.807, 2.05) is 18.8 Å². The van der Waals surface area contributed by atoms with Gasteiger partial charge in [0.2, 0.25) is 0 Å². The molecule has 1 aromatic rings. The molecular weight excluding hydrogens is 212 g/mol. The third kappa shape index (κ3) is 3.46. The predicted molar refractivity (Wildman–Crippen MR) is 73.4 cm³/mol. The molecule has 1 heterocycles. The maximum absolute atomic E-state index is 4.48. The Bertz CT molecular complexity index is 343. The highest BCUT2D eigenvalue weighted by Gasteiger charge is 2.14. The lowest BCUT2D eigenvalue weighted by Gasteiger charge is -2.20. The first kappa shape index (κ1) is 14.0. The molecule has 1 N–H and O–H groups in total. The van der Waals surface area contributed by atoms with Crippen molar-refractivity contribution >= 4 is 5.82 Å². The molecule has 4 heteroatoms. The van der Waals surface area contributed by atoms with Crippen LogP contribution in [0, 0.1) is 6.92 Å². The van der Waals surface area contributed by atoms with Gasteiger partial charge in [-0.3, -0.25) is 9.58 Å². The van der Waals surface area contributed by atoms with Crippen LogP contribution in [0.2, 0.25) is 0 Å². The van der Waals surface area contributed by atoms with E-state index in [9.17, 15) is 0 Å². The van der Waals surface area contributed by atoms with Crippen molar-refractivity contribution in [2.24, 2.45) is 7.05 Å². The number of aromatic nitrogens is 2. The predicted octanol–water partition coefficient (Wildman–Crippen LogP) is 2.39. The van der Waals surface area contributed by atoms with E-state index in [2.05, 4.69) is 36.1 Å². The van der Waals surface area contributed by atoms with Gasteiger partial charge in [-0.05, 0) is 26.4 Å². The molecule has 0 saturated carbocycles. The average molecular weight is 238 g/mol. The molecule has 98 valence electrons. The van der Waals surface area contributed by atoms with Crippen LogP contribution in [0.25, 0.3) is 0 Å². The number of nitrogens with zero attached hydrogens (tertiary/aromatic N) is 3. The Kier molecular flexibility index (Phi) is 5.48. The van der Waals surface area contributed by atoms with Crippen LogP contribution in [0.15, 0.2) is 0 Å². The van der Waals surface area contributed by atoms with E-state index in [0.29, 0.717) is 0 Å². The Labute approximate surface area is 105 Å². The van der Waals surface area contributed by atoms with Gasteiger partial charge < -0.3 is 5.32 Å². The highest BCUT2D eigenvalue weighted by molar-refractivity contribution is 5.46. The van der Waals surface area contributed by atoms with Crippen molar-refractivity contribution in [2.75, 3.05) is 25.5 Å². The number of rotatable bonds is 7. The van der Waals surface area contributed by atoms with Crippen LogP contribution in [-0.2, 0) is 13.6 Å². The van der Waals surface area contributed by atoms with E-state index in [1.165, 1.54) is 24.9 Å². The Balaban J connectivity index is 2.77. The van der Waals surface area contributed by atoms with Crippen molar-refractivity contribution in [3.8, 4) is 0 Å². The molecule has 0 aromatic carbocycles. The minimum atomic E-state index is 0.992. The topological polar surface area (TPSA) is 33.1 Å². The number of nitrogens with one attached hydrogen (secondary N) is 1. The second-order valence-electron chi connectivity index (χ2n) is 4.51. The summed E-state index contributed by atoms with van der Waals surface area (Å²) in [5.74, 6) is 1.14. The van der Waals surface area contributed by atoms with Crippen molar-refractivity contribution in [2.45, 2.75) is 40.2 Å². The normalized spacial score (nSPS) is 11.2. The summed E-state index contributed by atoms with van der Waals surface area (Å²) < 4.78 is 1.93. The van der Waals surface area contributed by atoms with Gasteiger partial charge in [-0.2, -0.15) is 5.10 Å². The summed E-state index contributed by atoms with van der Waals surface area (Å²) in [6.45, 7) is 9.81. The standard InChI is InChI=1S/C13H26N4/c1-6-8-9-17(7-2)10-12-11(3)15-16(5)13(12)14-4/h14H,6-10H2,1-5H3.